The van der Waals surface area contributed by atoms with Gasteiger partial charge in [0.2, 0.25) is 0 Å². The van der Waals surface area contributed by atoms with E-state index >= 15 is 0 Å². The van der Waals surface area contributed by atoms with Gasteiger partial charge in [0.1, 0.15) is 0 Å². The van der Waals surface area contributed by atoms with Gasteiger partial charge in [0.15, 0.2) is 0 Å². The van der Waals surface area contributed by atoms with Crippen LogP contribution < -0.4 is 19.6 Å². The summed E-state index contributed by atoms with van der Waals surface area (Å²) in [5, 5.41) is 0. The topological polar surface area (TPSA) is 126 Å². The molecule has 0 bridgehead atoms. The monoisotopic (exact) mass is 278 g/mol. The number of rotatable bonds is 0. The molecule has 0 aliphatic carbocycles. The molecule has 0 aromatic heterocycles. The zero-order valence-electron chi connectivity index (χ0n) is 4.51. The van der Waals surface area contributed by atoms with E-state index in [9.17, 15) is 0 Å². The summed E-state index contributed by atoms with van der Waals surface area (Å²) in [6.45, 7) is -9.11. The van der Waals surface area contributed by atoms with Crippen molar-refractivity contribution < 1.29 is 45.8 Å². The molecule has 11 heavy (non-hydrogen) atoms. The van der Waals surface area contributed by atoms with Crippen LogP contribution in [0.3, 0.4) is 0 Å². The first-order chi connectivity index (χ1) is 4.00. The summed E-state index contributed by atoms with van der Waals surface area (Å²) in [6.07, 6.45) is 0. The molecular formula is FeO6P2S2. The van der Waals surface area contributed by atoms with Crippen molar-refractivity contribution in [3.05, 3.63) is 0 Å². The van der Waals surface area contributed by atoms with E-state index in [1.165, 1.54) is 0 Å². The van der Waals surface area contributed by atoms with Crippen LogP contribution in [0, 0.1) is 0 Å². The predicted octanol–water partition coefficient (Wildman–Crippen LogP) is -3.28. The van der Waals surface area contributed by atoms with Gasteiger partial charge >= 0.3 is 17.1 Å². The minimum atomic E-state index is -4.56. The molecule has 0 amide bonds. The van der Waals surface area contributed by atoms with E-state index in [1.807, 2.05) is 0 Å². The number of hydrogen-bond acceptors (Lipinski definition) is 8. The van der Waals surface area contributed by atoms with Crippen LogP contribution >= 0.6 is 13.6 Å². The van der Waals surface area contributed by atoms with Crippen molar-refractivity contribution in [2.24, 2.45) is 0 Å². The maximum Gasteiger partial charge on any atom is 6.00 e. The maximum absolute atomic E-state index is 8.92. The van der Waals surface area contributed by atoms with Crippen LogP contribution in [-0.2, 0) is 50.7 Å². The summed E-state index contributed by atoms with van der Waals surface area (Å²) < 4.78 is 17.8. The van der Waals surface area contributed by atoms with Crippen molar-refractivity contribution in [1.29, 1.82) is 0 Å². The SMILES string of the molecule is O=P([O-])([O-])[S-].O=P([O-])([O-])[S-].[Fe+6]. The molecule has 0 aromatic rings. The van der Waals surface area contributed by atoms with Gasteiger partial charge in [-0.15, -0.1) is 0 Å². The quantitative estimate of drug-likeness (QED) is 0.256. The van der Waals surface area contributed by atoms with Crippen LogP contribution in [0.15, 0.2) is 0 Å². The molecule has 0 unspecified atom stereocenters. The van der Waals surface area contributed by atoms with Crippen molar-refractivity contribution in [2.45, 2.75) is 0 Å². The van der Waals surface area contributed by atoms with E-state index in [2.05, 4.69) is 24.5 Å². The largest absolute Gasteiger partial charge is 6.00 e. The molecule has 0 aromatic carbocycles. The first-order valence-electron chi connectivity index (χ1n) is 1.46. The summed E-state index contributed by atoms with van der Waals surface area (Å²) >= 11 is 6.54. The minimum Gasteiger partial charge on any atom is -0.829 e. The van der Waals surface area contributed by atoms with Gasteiger partial charge in [0, 0.05) is 0 Å². The molecule has 0 N–H and O–H groups in total. The molecule has 0 atom stereocenters. The fourth-order valence-corrected chi connectivity index (χ4v) is 0. The first-order valence-corrected chi connectivity index (χ1v) is 6.57. The fourth-order valence-electron chi connectivity index (χ4n) is 0. The zero-order valence-corrected chi connectivity index (χ0v) is 9.04. The zero-order chi connectivity index (χ0) is 9.00. The molecule has 0 saturated heterocycles. The Kier molecular flexibility index (Phi) is 11.6. The average molecular weight is 278 g/mol. The Morgan fingerprint density at radius 1 is 0.818 bits per heavy atom. The van der Waals surface area contributed by atoms with Crippen LogP contribution in [0.2, 0.25) is 0 Å². The Bertz CT molecular complexity index is 131. The molecule has 0 heterocycles. The predicted molar refractivity (Wildman–Crippen MR) is 29.9 cm³/mol. The summed E-state index contributed by atoms with van der Waals surface area (Å²) in [4.78, 5) is 35.7. The minimum absolute atomic E-state index is 0. The Hall–Kier alpha value is 1.52. The van der Waals surface area contributed by atoms with Crippen molar-refractivity contribution >= 4 is 38.1 Å². The van der Waals surface area contributed by atoms with Gasteiger partial charge in [0.25, 0.3) is 0 Å². The molecule has 0 aliphatic heterocycles. The Morgan fingerprint density at radius 3 is 0.818 bits per heavy atom. The van der Waals surface area contributed by atoms with Gasteiger partial charge in [-0.25, -0.2) is 13.6 Å². The van der Waals surface area contributed by atoms with E-state index in [-0.39, 0.29) is 17.1 Å². The summed E-state index contributed by atoms with van der Waals surface area (Å²) in [6, 6.07) is 0. The molecule has 0 fully saturated rings. The maximum atomic E-state index is 8.92. The second-order valence-electron chi connectivity index (χ2n) is 0.894. The summed E-state index contributed by atoms with van der Waals surface area (Å²) in [5.41, 5.74) is 0. The average Bonchev–Trinajstić information content (AvgIpc) is 1.12. The Morgan fingerprint density at radius 2 is 0.818 bits per heavy atom. The van der Waals surface area contributed by atoms with Crippen LogP contribution in [0.4, 0.5) is 0 Å². The van der Waals surface area contributed by atoms with E-state index < -0.39 is 13.6 Å². The molecule has 6 nitrogen and oxygen atoms in total. The van der Waals surface area contributed by atoms with Gasteiger partial charge in [-0.2, -0.15) is 0 Å². The molecule has 0 aliphatic rings. The van der Waals surface area contributed by atoms with E-state index in [0.29, 0.717) is 0 Å². The molecule has 11 heteroatoms. The van der Waals surface area contributed by atoms with Crippen LogP contribution in [0.1, 0.15) is 0 Å². The smallest absolute Gasteiger partial charge is 0.829 e. The molecule has 0 spiro atoms. The van der Waals surface area contributed by atoms with E-state index in [4.69, 9.17) is 28.7 Å². The number of hydrogen-bond donors (Lipinski definition) is 0. The van der Waals surface area contributed by atoms with Crippen molar-refractivity contribution in [3.8, 4) is 0 Å². The Balaban J connectivity index is -0.000000107. The fraction of sp³-hybridized carbons (Fsp3) is 0. The molecular weight excluding hydrogens is 278 g/mol. The molecule has 66 valence electrons. The normalized spacial score (nSPS) is 10.7. The van der Waals surface area contributed by atoms with Gasteiger partial charge in [-0.3, -0.25) is 0 Å². The van der Waals surface area contributed by atoms with Gasteiger partial charge in [-0.05, 0) is 0 Å². The second kappa shape index (κ2) is 6.97. The van der Waals surface area contributed by atoms with Gasteiger partial charge < -0.3 is 53.2 Å². The second-order valence-corrected chi connectivity index (χ2v) is 5.37. The van der Waals surface area contributed by atoms with Crippen LogP contribution in [0.25, 0.3) is 0 Å². The van der Waals surface area contributed by atoms with Crippen molar-refractivity contribution in [3.63, 3.8) is 0 Å². The molecule has 0 rings (SSSR count). The summed E-state index contributed by atoms with van der Waals surface area (Å²) in [5.74, 6) is 0. The van der Waals surface area contributed by atoms with Crippen molar-refractivity contribution in [2.75, 3.05) is 0 Å². The van der Waals surface area contributed by atoms with E-state index in [1.54, 1.807) is 0 Å². The third-order valence-electron chi connectivity index (χ3n) is 0. The van der Waals surface area contributed by atoms with Crippen molar-refractivity contribution in [1.82, 2.24) is 0 Å². The van der Waals surface area contributed by atoms with Gasteiger partial charge in [-0.1, -0.05) is 0 Å². The summed E-state index contributed by atoms with van der Waals surface area (Å²) in [7, 11) is 0. The standard InChI is InChI=1S/Fe.2H3O3PS/c;2*1-4(2,3)5/h;2*(H3,1,2,3,5)/q+6;;/p-6. The molecule has 0 radical (unpaired) electrons. The van der Waals surface area contributed by atoms with Gasteiger partial charge in [0.05, 0.1) is 0 Å². The first kappa shape index (κ1) is 18.3. The van der Waals surface area contributed by atoms with E-state index in [0.717, 1.165) is 0 Å². The third kappa shape index (κ3) is 452. The Labute approximate surface area is 83.9 Å². The van der Waals surface area contributed by atoms with Crippen LogP contribution in [0.5, 0.6) is 0 Å². The third-order valence-corrected chi connectivity index (χ3v) is 0. The molecule has 0 saturated carbocycles. The van der Waals surface area contributed by atoms with Crippen LogP contribution in [-0.4, -0.2) is 0 Å².